The molecule has 3 heterocycles. The van der Waals surface area contributed by atoms with E-state index in [0.29, 0.717) is 11.8 Å². The van der Waals surface area contributed by atoms with Gasteiger partial charge in [0.15, 0.2) is 0 Å². The van der Waals surface area contributed by atoms with Crippen molar-refractivity contribution in [3.05, 3.63) is 53.9 Å². The van der Waals surface area contributed by atoms with Crippen molar-refractivity contribution in [3.63, 3.8) is 0 Å². The van der Waals surface area contributed by atoms with Gasteiger partial charge in [-0.05, 0) is 88.6 Å². The fraction of sp³-hybridized carbons (Fsp3) is 0.531. The quantitative estimate of drug-likeness (QED) is 0.408. The number of amides is 1. The first-order chi connectivity index (χ1) is 19.3. The highest BCUT2D eigenvalue weighted by Crippen LogP contribution is 2.42. The fourth-order valence-corrected chi connectivity index (χ4v) is 6.07. The Morgan fingerprint density at radius 2 is 1.68 bits per heavy atom. The zero-order valence-corrected chi connectivity index (χ0v) is 24.2. The molecule has 1 N–H and O–H groups in total. The van der Waals surface area contributed by atoms with Crippen LogP contribution < -0.4 is 19.9 Å². The lowest BCUT2D eigenvalue weighted by Crippen LogP contribution is -2.40. The Balaban J connectivity index is 1.21. The summed E-state index contributed by atoms with van der Waals surface area (Å²) < 4.78 is 11.1. The zero-order valence-electron chi connectivity index (χ0n) is 24.2. The Morgan fingerprint density at radius 3 is 2.40 bits per heavy atom. The molecular formula is C32H41N5O3. The van der Waals surface area contributed by atoms with Gasteiger partial charge in [0.2, 0.25) is 0 Å². The second-order valence-corrected chi connectivity index (χ2v) is 12.5. The summed E-state index contributed by atoms with van der Waals surface area (Å²) in [6.07, 6.45) is 5.02. The highest BCUT2D eigenvalue weighted by atomic mass is 16.6. The van der Waals surface area contributed by atoms with E-state index in [-0.39, 0.29) is 12.1 Å². The maximum Gasteiger partial charge on any atom is 0.407 e. The average Bonchev–Trinajstić information content (AvgIpc) is 3.70. The number of nitrogens with zero attached hydrogens (tertiary/aromatic N) is 4. The van der Waals surface area contributed by atoms with Gasteiger partial charge in [-0.25, -0.2) is 14.8 Å². The van der Waals surface area contributed by atoms with Crippen molar-refractivity contribution >= 4 is 28.5 Å². The second-order valence-electron chi connectivity index (χ2n) is 12.5. The Bertz CT molecular complexity index is 1370. The molecule has 1 saturated carbocycles. The molecule has 0 radical (unpaired) electrons. The summed E-state index contributed by atoms with van der Waals surface area (Å²) in [7, 11) is 1.76. The Hall–Kier alpha value is -3.55. The number of piperidine rings is 1. The van der Waals surface area contributed by atoms with E-state index in [1.165, 1.54) is 18.4 Å². The topological polar surface area (TPSA) is 79.8 Å². The van der Waals surface area contributed by atoms with Crippen molar-refractivity contribution < 1.29 is 14.3 Å². The monoisotopic (exact) mass is 543 g/mol. The normalized spacial score (nSPS) is 20.1. The fourth-order valence-electron chi connectivity index (χ4n) is 6.07. The molecule has 3 aromatic rings. The van der Waals surface area contributed by atoms with Gasteiger partial charge < -0.3 is 24.6 Å². The first-order valence-electron chi connectivity index (χ1n) is 14.7. The molecular weight excluding hydrogens is 502 g/mol. The first kappa shape index (κ1) is 26.7. The van der Waals surface area contributed by atoms with E-state index in [1.54, 1.807) is 7.11 Å². The molecule has 8 heteroatoms. The molecule has 40 heavy (non-hydrogen) atoms. The number of hydrogen-bond donors (Lipinski definition) is 1. The molecule has 1 aliphatic carbocycles. The van der Waals surface area contributed by atoms with Gasteiger partial charge in [-0.15, -0.1) is 0 Å². The van der Waals surface area contributed by atoms with Gasteiger partial charge in [-0.1, -0.05) is 18.2 Å². The minimum Gasteiger partial charge on any atom is -0.496 e. The molecule has 2 saturated heterocycles. The van der Waals surface area contributed by atoms with Crippen molar-refractivity contribution in [2.24, 2.45) is 0 Å². The van der Waals surface area contributed by atoms with Crippen LogP contribution in [-0.2, 0) is 4.74 Å². The van der Waals surface area contributed by atoms with Crippen LogP contribution >= 0.6 is 0 Å². The van der Waals surface area contributed by atoms with E-state index in [0.717, 1.165) is 79.4 Å². The number of aromatic nitrogens is 2. The number of carbonyl (C=O) groups is 1. The third-order valence-corrected chi connectivity index (χ3v) is 8.27. The zero-order chi connectivity index (χ0) is 27.9. The minimum absolute atomic E-state index is 0.0625. The Kier molecular flexibility index (Phi) is 7.19. The van der Waals surface area contributed by atoms with Gasteiger partial charge in [0.25, 0.3) is 0 Å². The summed E-state index contributed by atoms with van der Waals surface area (Å²) in [5.74, 6) is 4.02. The van der Waals surface area contributed by atoms with Crippen molar-refractivity contribution in [1.82, 2.24) is 15.3 Å². The highest BCUT2D eigenvalue weighted by Gasteiger charge is 2.31. The van der Waals surface area contributed by atoms with E-state index in [2.05, 4.69) is 51.5 Å². The van der Waals surface area contributed by atoms with Crippen LogP contribution in [0.2, 0.25) is 0 Å². The van der Waals surface area contributed by atoms with Gasteiger partial charge >= 0.3 is 6.09 Å². The number of nitrogens with one attached hydrogen (secondary N) is 1. The Morgan fingerprint density at radius 1 is 0.925 bits per heavy atom. The number of benzene rings is 2. The maximum absolute atomic E-state index is 12.3. The van der Waals surface area contributed by atoms with Crippen LogP contribution in [0.3, 0.4) is 0 Å². The lowest BCUT2D eigenvalue weighted by molar-refractivity contribution is 0.0509. The van der Waals surface area contributed by atoms with Crippen LogP contribution in [0, 0.1) is 0 Å². The third kappa shape index (κ3) is 5.81. The van der Waals surface area contributed by atoms with Crippen LogP contribution in [0.5, 0.6) is 5.75 Å². The predicted octanol–water partition coefficient (Wildman–Crippen LogP) is 6.00. The van der Waals surface area contributed by atoms with E-state index < -0.39 is 5.60 Å². The summed E-state index contributed by atoms with van der Waals surface area (Å²) in [4.78, 5) is 27.3. The summed E-state index contributed by atoms with van der Waals surface area (Å²) in [6, 6.07) is 15.1. The summed E-state index contributed by atoms with van der Waals surface area (Å²) in [5.41, 5.74) is 2.97. The number of hydrogen-bond acceptors (Lipinski definition) is 7. The number of para-hydroxylation sites is 1. The van der Waals surface area contributed by atoms with E-state index in [9.17, 15) is 4.79 Å². The molecule has 0 bridgehead atoms. The minimum atomic E-state index is -0.502. The average molecular weight is 544 g/mol. The van der Waals surface area contributed by atoms with Gasteiger partial charge in [0.05, 0.1) is 18.7 Å². The van der Waals surface area contributed by atoms with E-state index in [4.69, 9.17) is 19.4 Å². The number of ether oxygens (including phenoxy) is 2. The SMILES string of the molecule is COc1ccccc1C1CCN(c2nc(C3CC3)nc3ccc(N4CC[C@@H](NC(=O)OC(C)(C)C)C4)cc23)CC1. The predicted molar refractivity (Wildman–Crippen MR) is 159 cm³/mol. The molecule has 2 aliphatic heterocycles. The van der Waals surface area contributed by atoms with Gasteiger partial charge in [-0.3, -0.25) is 0 Å². The molecule has 212 valence electrons. The smallest absolute Gasteiger partial charge is 0.407 e. The number of alkyl carbamates (subject to hydrolysis) is 1. The van der Waals surface area contributed by atoms with Crippen molar-refractivity contribution in [3.8, 4) is 5.75 Å². The van der Waals surface area contributed by atoms with Crippen LogP contribution in [0.25, 0.3) is 10.9 Å². The number of fused-ring (bicyclic) bond motifs is 1. The largest absolute Gasteiger partial charge is 0.496 e. The maximum atomic E-state index is 12.3. The standard InChI is InChI=1S/C32H41N5O3/c1-32(2,3)40-31(38)33-23-15-18-37(20-23)24-11-12-27-26(19-24)30(35-29(34-27)22-9-10-22)36-16-13-21(14-17-36)25-7-5-6-8-28(25)39-4/h5-8,11-12,19,21-23H,9-10,13-18,20H2,1-4H3,(H,33,38)/t23-/m1/s1. The molecule has 0 unspecified atom stereocenters. The first-order valence-corrected chi connectivity index (χ1v) is 14.7. The lowest BCUT2D eigenvalue weighted by Gasteiger charge is -2.34. The third-order valence-electron chi connectivity index (χ3n) is 8.27. The Labute approximate surface area is 237 Å². The van der Waals surface area contributed by atoms with Crippen LogP contribution in [-0.4, -0.2) is 61.0 Å². The number of methoxy groups -OCH3 is 1. The van der Waals surface area contributed by atoms with Crippen LogP contribution in [0.15, 0.2) is 42.5 Å². The molecule has 8 nitrogen and oxygen atoms in total. The molecule has 3 aliphatic rings. The number of anilines is 2. The second kappa shape index (κ2) is 10.8. The highest BCUT2D eigenvalue weighted by molar-refractivity contribution is 5.92. The van der Waals surface area contributed by atoms with Crippen LogP contribution in [0.4, 0.5) is 16.3 Å². The van der Waals surface area contributed by atoms with Gasteiger partial charge in [0.1, 0.15) is 23.0 Å². The summed E-state index contributed by atoms with van der Waals surface area (Å²) in [5, 5.41) is 4.16. The molecule has 6 rings (SSSR count). The lowest BCUT2D eigenvalue weighted by atomic mass is 9.88. The van der Waals surface area contributed by atoms with Gasteiger partial charge in [-0.2, -0.15) is 0 Å². The number of rotatable bonds is 6. The van der Waals surface area contributed by atoms with Crippen molar-refractivity contribution in [2.75, 3.05) is 43.1 Å². The van der Waals surface area contributed by atoms with Crippen LogP contribution in [0.1, 0.15) is 76.1 Å². The molecule has 1 aromatic heterocycles. The summed E-state index contributed by atoms with van der Waals surface area (Å²) >= 11 is 0. The van der Waals surface area contributed by atoms with Crippen molar-refractivity contribution in [2.45, 2.75) is 76.4 Å². The number of carbonyl (C=O) groups excluding carboxylic acids is 1. The molecule has 0 spiro atoms. The van der Waals surface area contributed by atoms with E-state index in [1.807, 2.05) is 26.8 Å². The molecule has 1 atom stereocenters. The van der Waals surface area contributed by atoms with E-state index >= 15 is 0 Å². The van der Waals surface area contributed by atoms with Gasteiger partial charge in [0, 0.05) is 43.2 Å². The van der Waals surface area contributed by atoms with Crippen molar-refractivity contribution in [1.29, 1.82) is 0 Å². The summed E-state index contributed by atoms with van der Waals surface area (Å²) in [6.45, 7) is 9.20. The molecule has 1 amide bonds. The molecule has 2 aromatic carbocycles. The molecule has 3 fully saturated rings.